The topological polar surface area (TPSA) is 55.4 Å². The molecule has 0 heterocycles. The lowest BCUT2D eigenvalue weighted by molar-refractivity contribution is -0.147. The third kappa shape index (κ3) is 5.42. The third-order valence-corrected chi connectivity index (χ3v) is 4.38. The fraction of sp³-hybridized carbons (Fsp3) is 0.263. The van der Waals surface area contributed by atoms with Gasteiger partial charge in [0.2, 0.25) is 0 Å². The minimum atomic E-state index is -0.375. The van der Waals surface area contributed by atoms with Crippen LogP contribution in [0.5, 0.6) is 0 Å². The monoisotopic (exact) mass is 343 g/mol. The number of nitrogens with one attached hydrogen (secondary N) is 1. The van der Waals surface area contributed by atoms with Crippen LogP contribution >= 0.6 is 11.8 Å². The van der Waals surface area contributed by atoms with E-state index in [0.717, 1.165) is 16.1 Å². The number of carbonyl (C=O) groups is 2. The highest BCUT2D eigenvalue weighted by Crippen LogP contribution is 2.24. The van der Waals surface area contributed by atoms with Crippen LogP contribution in [0.2, 0.25) is 0 Å². The van der Waals surface area contributed by atoms with E-state index in [9.17, 15) is 9.59 Å². The third-order valence-electron chi connectivity index (χ3n) is 3.59. The van der Waals surface area contributed by atoms with E-state index in [0.29, 0.717) is 0 Å². The van der Waals surface area contributed by atoms with Crippen molar-refractivity contribution in [2.24, 2.45) is 0 Å². The number of benzene rings is 2. The molecule has 5 heteroatoms. The maximum Gasteiger partial charge on any atom is 0.306 e. The van der Waals surface area contributed by atoms with Gasteiger partial charge in [-0.25, -0.2) is 0 Å². The van der Waals surface area contributed by atoms with E-state index in [2.05, 4.69) is 5.32 Å². The molecule has 0 aromatic heterocycles. The molecule has 0 aliphatic heterocycles. The molecule has 126 valence electrons. The first-order chi connectivity index (χ1) is 11.6. The maximum atomic E-state index is 11.9. The van der Waals surface area contributed by atoms with Gasteiger partial charge in [-0.15, -0.1) is 11.8 Å². The van der Waals surface area contributed by atoms with Crippen molar-refractivity contribution in [1.82, 2.24) is 0 Å². The molecule has 1 N–H and O–H groups in total. The van der Waals surface area contributed by atoms with Gasteiger partial charge < -0.3 is 10.1 Å². The van der Waals surface area contributed by atoms with E-state index in [4.69, 9.17) is 4.74 Å². The Morgan fingerprint density at radius 3 is 2.46 bits per heavy atom. The lowest BCUT2D eigenvalue weighted by Crippen LogP contribution is -2.21. The predicted octanol–water partition coefficient (Wildman–Crippen LogP) is 4.08. The standard InChI is InChI=1S/C19H21NO3S/c1-14(15-8-4-3-5-9-15)12-19(22)23-13-18(21)20-16-10-6-7-11-17(16)24-2/h3-11,14H,12-13H2,1-2H3,(H,20,21). The zero-order chi connectivity index (χ0) is 17.4. The molecule has 2 aromatic rings. The molecule has 1 atom stereocenters. The van der Waals surface area contributed by atoms with Crippen molar-refractivity contribution in [2.45, 2.75) is 24.2 Å². The first-order valence-electron chi connectivity index (χ1n) is 7.73. The van der Waals surface area contributed by atoms with Gasteiger partial charge in [0.25, 0.3) is 5.91 Å². The molecule has 0 spiro atoms. The molecular weight excluding hydrogens is 322 g/mol. The zero-order valence-corrected chi connectivity index (χ0v) is 14.6. The number of hydrogen-bond donors (Lipinski definition) is 1. The van der Waals surface area contributed by atoms with Crippen LogP contribution in [-0.4, -0.2) is 24.7 Å². The Hall–Kier alpha value is -2.27. The lowest BCUT2D eigenvalue weighted by atomic mass is 9.98. The van der Waals surface area contributed by atoms with Gasteiger partial charge in [-0.2, -0.15) is 0 Å². The molecule has 0 saturated carbocycles. The number of anilines is 1. The summed E-state index contributed by atoms with van der Waals surface area (Å²) in [4.78, 5) is 24.8. The second-order valence-corrected chi connectivity index (χ2v) is 6.27. The van der Waals surface area contributed by atoms with E-state index in [1.165, 1.54) is 0 Å². The predicted molar refractivity (Wildman–Crippen MR) is 97.3 cm³/mol. The first kappa shape index (κ1) is 18.1. The van der Waals surface area contributed by atoms with Crippen LogP contribution in [0.15, 0.2) is 59.5 Å². The van der Waals surface area contributed by atoms with E-state index in [-0.39, 0.29) is 30.8 Å². The number of thioether (sulfide) groups is 1. The summed E-state index contributed by atoms with van der Waals surface area (Å²) in [6.07, 6.45) is 2.19. The van der Waals surface area contributed by atoms with Crippen LogP contribution < -0.4 is 5.32 Å². The van der Waals surface area contributed by atoms with Crippen molar-refractivity contribution in [1.29, 1.82) is 0 Å². The van der Waals surface area contributed by atoms with E-state index in [1.807, 2.05) is 67.8 Å². The fourth-order valence-corrected chi connectivity index (χ4v) is 2.84. The fourth-order valence-electron chi connectivity index (χ4n) is 2.29. The maximum absolute atomic E-state index is 11.9. The van der Waals surface area contributed by atoms with Gasteiger partial charge in [0.05, 0.1) is 12.1 Å². The molecule has 0 saturated heterocycles. The summed E-state index contributed by atoms with van der Waals surface area (Å²) in [7, 11) is 0. The Bertz CT molecular complexity index is 688. The highest BCUT2D eigenvalue weighted by molar-refractivity contribution is 7.98. The van der Waals surface area contributed by atoms with Gasteiger partial charge in [0.1, 0.15) is 0 Å². The van der Waals surface area contributed by atoms with Gasteiger partial charge in [-0.05, 0) is 29.9 Å². The molecule has 0 aliphatic carbocycles. The largest absolute Gasteiger partial charge is 0.456 e. The number of amides is 1. The molecule has 4 nitrogen and oxygen atoms in total. The van der Waals surface area contributed by atoms with Gasteiger partial charge in [-0.3, -0.25) is 9.59 Å². The van der Waals surface area contributed by atoms with Crippen LogP contribution in [0.4, 0.5) is 5.69 Å². The Labute approximate surface area is 146 Å². The van der Waals surface area contributed by atoms with E-state index < -0.39 is 0 Å². The van der Waals surface area contributed by atoms with Crippen LogP contribution in [0, 0.1) is 0 Å². The SMILES string of the molecule is CSc1ccccc1NC(=O)COC(=O)CC(C)c1ccccc1. The number of carbonyl (C=O) groups excluding carboxylic acids is 2. The van der Waals surface area contributed by atoms with Crippen LogP contribution in [0.25, 0.3) is 0 Å². The summed E-state index contributed by atoms with van der Waals surface area (Å²) >= 11 is 1.55. The first-order valence-corrected chi connectivity index (χ1v) is 8.96. The number of para-hydroxylation sites is 1. The normalized spacial score (nSPS) is 11.6. The Morgan fingerprint density at radius 1 is 1.08 bits per heavy atom. The molecule has 24 heavy (non-hydrogen) atoms. The van der Waals surface area contributed by atoms with Gasteiger partial charge in [0, 0.05) is 4.90 Å². The Morgan fingerprint density at radius 2 is 1.75 bits per heavy atom. The molecule has 1 unspecified atom stereocenters. The van der Waals surface area contributed by atoms with Crippen molar-refractivity contribution < 1.29 is 14.3 Å². The molecular formula is C19H21NO3S. The van der Waals surface area contributed by atoms with Crippen molar-refractivity contribution in [3.63, 3.8) is 0 Å². The summed E-state index contributed by atoms with van der Waals surface area (Å²) in [5, 5.41) is 2.76. The molecule has 0 aliphatic rings. The average Bonchev–Trinajstić information content (AvgIpc) is 2.61. The quantitative estimate of drug-likeness (QED) is 0.608. The van der Waals surface area contributed by atoms with E-state index in [1.54, 1.807) is 11.8 Å². The Kier molecular flexibility index (Phi) is 6.88. The summed E-state index contributed by atoms with van der Waals surface area (Å²) in [5.74, 6) is -0.657. The van der Waals surface area contributed by atoms with Crippen molar-refractivity contribution in [3.8, 4) is 0 Å². The van der Waals surface area contributed by atoms with Crippen LogP contribution in [0.1, 0.15) is 24.8 Å². The van der Waals surface area contributed by atoms with Crippen LogP contribution in [-0.2, 0) is 14.3 Å². The molecule has 1 amide bonds. The number of ether oxygens (including phenoxy) is 1. The van der Waals surface area contributed by atoms with Crippen molar-refractivity contribution in [2.75, 3.05) is 18.2 Å². The molecule has 0 radical (unpaired) electrons. The average molecular weight is 343 g/mol. The smallest absolute Gasteiger partial charge is 0.306 e. The number of rotatable bonds is 7. The summed E-state index contributed by atoms with van der Waals surface area (Å²) in [5.41, 5.74) is 1.80. The zero-order valence-electron chi connectivity index (χ0n) is 13.8. The summed E-state index contributed by atoms with van der Waals surface area (Å²) in [6.45, 7) is 1.69. The van der Waals surface area contributed by atoms with Crippen LogP contribution in [0.3, 0.4) is 0 Å². The molecule has 0 fully saturated rings. The molecule has 0 bridgehead atoms. The molecule has 2 aromatic carbocycles. The van der Waals surface area contributed by atoms with Gasteiger partial charge in [0.15, 0.2) is 6.61 Å². The summed E-state index contributed by atoms with van der Waals surface area (Å²) < 4.78 is 5.08. The summed E-state index contributed by atoms with van der Waals surface area (Å²) in [6, 6.07) is 17.3. The van der Waals surface area contributed by atoms with Crippen molar-refractivity contribution >= 4 is 29.3 Å². The minimum absolute atomic E-state index is 0.0546. The lowest BCUT2D eigenvalue weighted by Gasteiger charge is -2.12. The second-order valence-electron chi connectivity index (χ2n) is 5.42. The van der Waals surface area contributed by atoms with Gasteiger partial charge in [-0.1, -0.05) is 49.4 Å². The Balaban J connectivity index is 1.80. The van der Waals surface area contributed by atoms with Gasteiger partial charge >= 0.3 is 5.97 Å². The number of hydrogen-bond acceptors (Lipinski definition) is 4. The second kappa shape index (κ2) is 9.13. The number of esters is 1. The van der Waals surface area contributed by atoms with Crippen molar-refractivity contribution in [3.05, 3.63) is 60.2 Å². The molecule has 2 rings (SSSR count). The highest BCUT2D eigenvalue weighted by atomic mass is 32.2. The van der Waals surface area contributed by atoms with E-state index >= 15 is 0 Å². The highest BCUT2D eigenvalue weighted by Gasteiger charge is 2.14. The minimum Gasteiger partial charge on any atom is -0.456 e.